The standard InChI is InChI=1S/C21H43N5/c1-18(2)20(26-15-13-25(4)14-16-26)17-24-21(22-3)23-12-8-11-19-9-6-5-7-10-19/h18-20H,5-17H2,1-4H3,(H2,22,23,24). The van der Waals surface area contributed by atoms with E-state index in [1.165, 1.54) is 71.1 Å². The molecule has 0 radical (unpaired) electrons. The SMILES string of the molecule is CN=C(NCCCC1CCCCC1)NCC(C(C)C)N1CCN(C)CC1. The normalized spacial score (nSPS) is 22.6. The third-order valence-corrected chi connectivity index (χ3v) is 6.29. The van der Waals surface area contributed by atoms with Crippen molar-refractivity contribution in [2.45, 2.75) is 64.8 Å². The lowest BCUT2D eigenvalue weighted by Gasteiger charge is -2.40. The van der Waals surface area contributed by atoms with Gasteiger partial charge in [0.05, 0.1) is 0 Å². The van der Waals surface area contributed by atoms with E-state index in [1.54, 1.807) is 0 Å². The molecular weight excluding hydrogens is 322 g/mol. The summed E-state index contributed by atoms with van der Waals surface area (Å²) < 4.78 is 0. The molecule has 1 heterocycles. The van der Waals surface area contributed by atoms with Crippen molar-refractivity contribution in [3.8, 4) is 0 Å². The van der Waals surface area contributed by atoms with Crippen LogP contribution in [0.15, 0.2) is 4.99 Å². The van der Waals surface area contributed by atoms with Crippen LogP contribution in [-0.4, -0.2) is 75.2 Å². The Bertz CT molecular complexity index is 395. The maximum absolute atomic E-state index is 4.43. The van der Waals surface area contributed by atoms with Crippen molar-refractivity contribution in [2.75, 3.05) is 53.4 Å². The maximum Gasteiger partial charge on any atom is 0.191 e. The van der Waals surface area contributed by atoms with E-state index < -0.39 is 0 Å². The molecule has 0 bridgehead atoms. The molecule has 0 spiro atoms. The van der Waals surface area contributed by atoms with Crippen molar-refractivity contribution in [3.63, 3.8) is 0 Å². The third-order valence-electron chi connectivity index (χ3n) is 6.29. The van der Waals surface area contributed by atoms with Gasteiger partial charge in [0.1, 0.15) is 0 Å². The van der Waals surface area contributed by atoms with Crippen LogP contribution in [0.3, 0.4) is 0 Å². The Morgan fingerprint density at radius 2 is 1.73 bits per heavy atom. The summed E-state index contributed by atoms with van der Waals surface area (Å²) in [6, 6.07) is 0.574. The van der Waals surface area contributed by atoms with Gasteiger partial charge in [0.2, 0.25) is 0 Å². The molecule has 1 aliphatic carbocycles. The second-order valence-electron chi connectivity index (χ2n) is 8.68. The first kappa shape index (κ1) is 21.5. The highest BCUT2D eigenvalue weighted by Crippen LogP contribution is 2.26. The Labute approximate surface area is 162 Å². The Kier molecular flexibility index (Phi) is 9.76. The first-order valence-electron chi connectivity index (χ1n) is 11.0. The fourth-order valence-electron chi connectivity index (χ4n) is 4.44. The molecule has 2 N–H and O–H groups in total. The van der Waals surface area contributed by atoms with E-state index in [-0.39, 0.29) is 0 Å². The smallest absolute Gasteiger partial charge is 0.191 e. The molecule has 5 nitrogen and oxygen atoms in total. The Morgan fingerprint density at radius 1 is 1.04 bits per heavy atom. The minimum Gasteiger partial charge on any atom is -0.356 e. The molecule has 1 saturated carbocycles. The van der Waals surface area contributed by atoms with Gasteiger partial charge in [0.25, 0.3) is 0 Å². The second kappa shape index (κ2) is 11.8. The van der Waals surface area contributed by atoms with E-state index in [4.69, 9.17) is 0 Å². The number of nitrogens with zero attached hydrogens (tertiary/aromatic N) is 3. The van der Waals surface area contributed by atoms with E-state index in [0.717, 1.165) is 25.0 Å². The molecule has 2 fully saturated rings. The van der Waals surface area contributed by atoms with E-state index in [2.05, 4.69) is 46.3 Å². The van der Waals surface area contributed by atoms with Crippen molar-refractivity contribution in [2.24, 2.45) is 16.8 Å². The van der Waals surface area contributed by atoms with Crippen molar-refractivity contribution in [1.82, 2.24) is 20.4 Å². The van der Waals surface area contributed by atoms with Crippen LogP contribution in [-0.2, 0) is 0 Å². The summed E-state index contributed by atoms with van der Waals surface area (Å²) in [4.78, 5) is 9.50. The Balaban J connectivity index is 1.66. The number of rotatable bonds is 8. The van der Waals surface area contributed by atoms with Crippen LogP contribution in [0.25, 0.3) is 0 Å². The van der Waals surface area contributed by atoms with Crippen LogP contribution in [0.1, 0.15) is 58.8 Å². The third kappa shape index (κ3) is 7.43. The zero-order valence-electron chi connectivity index (χ0n) is 17.8. The van der Waals surface area contributed by atoms with Gasteiger partial charge in [0.15, 0.2) is 5.96 Å². The average molecular weight is 366 g/mol. The molecule has 1 unspecified atom stereocenters. The Morgan fingerprint density at radius 3 is 2.35 bits per heavy atom. The van der Waals surface area contributed by atoms with Gasteiger partial charge in [0, 0.05) is 52.4 Å². The monoisotopic (exact) mass is 365 g/mol. The average Bonchev–Trinajstić information content (AvgIpc) is 2.65. The number of hydrogen-bond donors (Lipinski definition) is 2. The van der Waals surface area contributed by atoms with Gasteiger partial charge < -0.3 is 15.5 Å². The predicted molar refractivity (Wildman–Crippen MR) is 113 cm³/mol. The van der Waals surface area contributed by atoms with Crippen LogP contribution in [0.4, 0.5) is 0 Å². The van der Waals surface area contributed by atoms with Gasteiger partial charge in [-0.1, -0.05) is 46.0 Å². The number of guanidine groups is 1. The number of piperazine rings is 1. The van der Waals surface area contributed by atoms with Crippen molar-refractivity contribution >= 4 is 5.96 Å². The maximum atomic E-state index is 4.43. The van der Waals surface area contributed by atoms with Crippen LogP contribution >= 0.6 is 0 Å². The lowest BCUT2D eigenvalue weighted by Crippen LogP contribution is -2.55. The van der Waals surface area contributed by atoms with Crippen LogP contribution in [0, 0.1) is 11.8 Å². The van der Waals surface area contributed by atoms with Crippen molar-refractivity contribution < 1.29 is 0 Å². The molecule has 5 heteroatoms. The molecule has 1 atom stereocenters. The highest BCUT2D eigenvalue weighted by Gasteiger charge is 2.25. The number of hydrogen-bond acceptors (Lipinski definition) is 3. The fourth-order valence-corrected chi connectivity index (χ4v) is 4.44. The van der Waals surface area contributed by atoms with E-state index in [1.807, 2.05) is 7.05 Å². The summed E-state index contributed by atoms with van der Waals surface area (Å²) in [5.74, 6) is 2.59. The minimum absolute atomic E-state index is 0.574. The lowest BCUT2D eigenvalue weighted by atomic mass is 9.86. The van der Waals surface area contributed by atoms with E-state index in [0.29, 0.717) is 12.0 Å². The molecule has 152 valence electrons. The van der Waals surface area contributed by atoms with Gasteiger partial charge >= 0.3 is 0 Å². The van der Waals surface area contributed by atoms with Crippen molar-refractivity contribution in [3.05, 3.63) is 0 Å². The summed E-state index contributed by atoms with van der Waals surface area (Å²) in [5, 5.41) is 7.11. The summed E-state index contributed by atoms with van der Waals surface area (Å²) >= 11 is 0. The molecule has 0 amide bonds. The van der Waals surface area contributed by atoms with E-state index >= 15 is 0 Å². The summed E-state index contributed by atoms with van der Waals surface area (Å²) in [7, 11) is 4.11. The fraction of sp³-hybridized carbons (Fsp3) is 0.952. The second-order valence-corrected chi connectivity index (χ2v) is 8.68. The van der Waals surface area contributed by atoms with Crippen molar-refractivity contribution in [1.29, 1.82) is 0 Å². The van der Waals surface area contributed by atoms with Crippen LogP contribution < -0.4 is 10.6 Å². The molecule has 0 aromatic heterocycles. The molecule has 1 aliphatic heterocycles. The highest BCUT2D eigenvalue weighted by molar-refractivity contribution is 5.79. The largest absolute Gasteiger partial charge is 0.356 e. The van der Waals surface area contributed by atoms with Crippen LogP contribution in [0.5, 0.6) is 0 Å². The van der Waals surface area contributed by atoms with Gasteiger partial charge in [-0.15, -0.1) is 0 Å². The topological polar surface area (TPSA) is 42.9 Å². The van der Waals surface area contributed by atoms with Gasteiger partial charge in [-0.05, 0) is 31.7 Å². The number of nitrogens with one attached hydrogen (secondary N) is 2. The predicted octanol–water partition coefficient (Wildman–Crippen LogP) is 2.78. The summed E-state index contributed by atoms with van der Waals surface area (Å²) in [6.07, 6.45) is 9.89. The molecule has 1 saturated heterocycles. The van der Waals surface area contributed by atoms with Gasteiger partial charge in [-0.2, -0.15) is 0 Å². The zero-order chi connectivity index (χ0) is 18.8. The molecule has 0 aromatic rings. The first-order valence-corrected chi connectivity index (χ1v) is 11.0. The molecule has 2 rings (SSSR count). The molecule has 2 aliphatic rings. The quantitative estimate of drug-likeness (QED) is 0.394. The van der Waals surface area contributed by atoms with Gasteiger partial charge in [-0.25, -0.2) is 0 Å². The van der Waals surface area contributed by atoms with E-state index in [9.17, 15) is 0 Å². The number of likely N-dealkylation sites (N-methyl/N-ethyl adjacent to an activating group) is 1. The van der Waals surface area contributed by atoms with Gasteiger partial charge in [-0.3, -0.25) is 9.89 Å². The number of aliphatic imine (C=N–C) groups is 1. The van der Waals surface area contributed by atoms with Crippen LogP contribution in [0.2, 0.25) is 0 Å². The highest BCUT2D eigenvalue weighted by atomic mass is 15.3. The Hall–Kier alpha value is -0.810. The minimum atomic E-state index is 0.574. The molecule has 26 heavy (non-hydrogen) atoms. The first-order chi connectivity index (χ1) is 12.6. The zero-order valence-corrected chi connectivity index (χ0v) is 17.8. The molecule has 0 aromatic carbocycles. The lowest BCUT2D eigenvalue weighted by molar-refractivity contribution is 0.0900. The summed E-state index contributed by atoms with van der Waals surface area (Å²) in [5.41, 5.74) is 0. The summed E-state index contributed by atoms with van der Waals surface area (Å²) in [6.45, 7) is 11.4. The molecular formula is C21H43N5.